The van der Waals surface area contributed by atoms with Gasteiger partial charge in [-0.3, -0.25) is 4.79 Å². The molecule has 1 amide bonds. The highest BCUT2D eigenvalue weighted by molar-refractivity contribution is 6.42. The summed E-state index contributed by atoms with van der Waals surface area (Å²) < 4.78 is 0. The quantitative estimate of drug-likeness (QED) is 0.834. The third-order valence-corrected chi connectivity index (χ3v) is 3.49. The van der Waals surface area contributed by atoms with Crippen molar-refractivity contribution in [2.75, 3.05) is 0 Å². The molecule has 0 radical (unpaired) electrons. The number of nitrogens with zero attached hydrogens (tertiary/aromatic N) is 1. The predicted molar refractivity (Wildman–Crippen MR) is 70.3 cm³/mol. The van der Waals surface area contributed by atoms with Crippen LogP contribution in [0.1, 0.15) is 25.3 Å². The zero-order chi connectivity index (χ0) is 12.4. The average molecular weight is 271 g/mol. The number of hydrogen-bond donors (Lipinski definition) is 1. The Morgan fingerprint density at radius 1 is 1.41 bits per heavy atom. The fourth-order valence-corrected chi connectivity index (χ4v) is 2.14. The van der Waals surface area contributed by atoms with Gasteiger partial charge in [-0.05, 0) is 24.1 Å². The Bertz CT molecular complexity index is 498. The number of nitrogens with one attached hydrogen (secondary N) is 1. The molecule has 1 aliphatic heterocycles. The molecule has 1 N–H and O–H groups in total. The molecule has 0 fully saturated rings. The van der Waals surface area contributed by atoms with E-state index in [4.69, 9.17) is 23.2 Å². The molecule has 5 heteroatoms. The summed E-state index contributed by atoms with van der Waals surface area (Å²) in [7, 11) is 0. The van der Waals surface area contributed by atoms with E-state index in [1.54, 1.807) is 6.07 Å². The summed E-state index contributed by atoms with van der Waals surface area (Å²) in [6.45, 7) is 1.81. The number of hydrogen-bond acceptors (Lipinski definition) is 2. The van der Waals surface area contributed by atoms with Gasteiger partial charge >= 0.3 is 0 Å². The standard InChI is InChI=1S/C12H12Cl2N2O/c1-2-11(17)16-10-6-3-7-9(15-10)5-4-8(13)12(7)14/h4-5H,2-3,6H2,1H3,(H,15,16,17). The van der Waals surface area contributed by atoms with Crippen LogP contribution < -0.4 is 5.32 Å². The third-order valence-electron chi connectivity index (χ3n) is 2.64. The Morgan fingerprint density at radius 2 is 2.18 bits per heavy atom. The lowest BCUT2D eigenvalue weighted by atomic mass is 10.0. The topological polar surface area (TPSA) is 41.5 Å². The van der Waals surface area contributed by atoms with E-state index in [1.165, 1.54) is 0 Å². The van der Waals surface area contributed by atoms with Crippen LogP contribution in [0.2, 0.25) is 10.0 Å². The largest absolute Gasteiger partial charge is 0.314 e. The molecule has 90 valence electrons. The molecule has 2 rings (SSSR count). The number of halogens is 2. The second kappa shape index (κ2) is 5.07. The second-order valence-electron chi connectivity index (χ2n) is 3.82. The van der Waals surface area contributed by atoms with Crippen molar-refractivity contribution in [3.63, 3.8) is 0 Å². The summed E-state index contributed by atoms with van der Waals surface area (Å²) in [6, 6.07) is 3.54. The fourth-order valence-electron chi connectivity index (χ4n) is 1.71. The Morgan fingerprint density at radius 3 is 2.88 bits per heavy atom. The second-order valence-corrected chi connectivity index (χ2v) is 4.60. The monoisotopic (exact) mass is 270 g/mol. The average Bonchev–Trinajstić information content (AvgIpc) is 2.34. The number of amides is 1. The van der Waals surface area contributed by atoms with Gasteiger partial charge in [-0.1, -0.05) is 30.1 Å². The number of fused-ring (bicyclic) bond motifs is 1. The molecule has 0 saturated carbocycles. The van der Waals surface area contributed by atoms with Crippen molar-refractivity contribution in [1.29, 1.82) is 0 Å². The first-order valence-corrected chi connectivity index (χ1v) is 6.21. The highest BCUT2D eigenvalue weighted by atomic mass is 35.5. The number of rotatable bonds is 1. The highest BCUT2D eigenvalue weighted by Crippen LogP contribution is 2.36. The third kappa shape index (κ3) is 2.61. The van der Waals surface area contributed by atoms with Crippen LogP contribution >= 0.6 is 23.2 Å². The molecule has 1 aromatic carbocycles. The van der Waals surface area contributed by atoms with Crippen LogP contribution in [0.4, 0.5) is 5.69 Å². The van der Waals surface area contributed by atoms with Crippen molar-refractivity contribution in [3.8, 4) is 0 Å². The van der Waals surface area contributed by atoms with E-state index in [1.807, 2.05) is 13.0 Å². The summed E-state index contributed by atoms with van der Waals surface area (Å²) in [5.41, 5.74) is 1.74. The number of benzene rings is 1. The van der Waals surface area contributed by atoms with Crippen LogP contribution in [0.3, 0.4) is 0 Å². The Hall–Kier alpha value is -1.06. The normalized spacial score (nSPS) is 13.9. The van der Waals surface area contributed by atoms with E-state index in [0.717, 1.165) is 17.7 Å². The zero-order valence-corrected chi connectivity index (χ0v) is 10.9. The molecular weight excluding hydrogens is 259 g/mol. The van der Waals surface area contributed by atoms with Gasteiger partial charge in [0, 0.05) is 12.8 Å². The Kier molecular flexibility index (Phi) is 3.69. The number of aliphatic imine (C=N–C) groups is 1. The summed E-state index contributed by atoms with van der Waals surface area (Å²) in [5.74, 6) is 0.676. The molecule has 0 bridgehead atoms. The molecule has 0 aliphatic carbocycles. The lowest BCUT2D eigenvalue weighted by Crippen LogP contribution is -2.31. The minimum atomic E-state index is -0.0211. The van der Waals surface area contributed by atoms with Gasteiger partial charge in [0.15, 0.2) is 0 Å². The first-order valence-electron chi connectivity index (χ1n) is 5.46. The minimum absolute atomic E-state index is 0.0211. The van der Waals surface area contributed by atoms with Gasteiger partial charge in [0.05, 0.1) is 15.7 Å². The minimum Gasteiger partial charge on any atom is -0.314 e. The summed E-state index contributed by atoms with van der Waals surface area (Å²) in [6.07, 6.45) is 1.88. The Balaban J connectivity index is 2.29. The van der Waals surface area contributed by atoms with Crippen molar-refractivity contribution in [3.05, 3.63) is 27.7 Å². The first kappa shape index (κ1) is 12.4. The SMILES string of the molecule is CCC(=O)NC1=Nc2ccc(Cl)c(Cl)c2CC1. The molecule has 17 heavy (non-hydrogen) atoms. The van der Waals surface area contributed by atoms with E-state index >= 15 is 0 Å². The van der Waals surface area contributed by atoms with Crippen LogP contribution in [0, 0.1) is 0 Å². The molecule has 0 unspecified atom stereocenters. The molecule has 0 saturated heterocycles. The van der Waals surface area contributed by atoms with E-state index in [0.29, 0.717) is 28.7 Å². The van der Waals surface area contributed by atoms with Gasteiger partial charge in [-0.15, -0.1) is 0 Å². The molecular formula is C12H12Cl2N2O. The van der Waals surface area contributed by atoms with Gasteiger partial charge in [0.1, 0.15) is 5.84 Å². The van der Waals surface area contributed by atoms with Crippen molar-refractivity contribution >= 4 is 40.6 Å². The maximum Gasteiger partial charge on any atom is 0.224 e. The number of carbonyl (C=O) groups is 1. The van der Waals surface area contributed by atoms with Gasteiger partial charge in [0.25, 0.3) is 0 Å². The van der Waals surface area contributed by atoms with Crippen LogP contribution in [-0.4, -0.2) is 11.7 Å². The van der Waals surface area contributed by atoms with Crippen LogP contribution in [0.15, 0.2) is 17.1 Å². The molecule has 1 aliphatic rings. The van der Waals surface area contributed by atoms with E-state index < -0.39 is 0 Å². The van der Waals surface area contributed by atoms with Crippen LogP contribution in [0.5, 0.6) is 0 Å². The smallest absolute Gasteiger partial charge is 0.224 e. The Labute approximate surface area is 110 Å². The lowest BCUT2D eigenvalue weighted by molar-refractivity contribution is -0.119. The molecule has 3 nitrogen and oxygen atoms in total. The zero-order valence-electron chi connectivity index (χ0n) is 9.39. The van der Waals surface area contributed by atoms with Gasteiger partial charge in [-0.2, -0.15) is 0 Å². The number of carbonyl (C=O) groups excluding carboxylic acids is 1. The summed E-state index contributed by atoms with van der Waals surface area (Å²) in [4.78, 5) is 15.7. The molecule has 0 atom stereocenters. The first-order chi connectivity index (χ1) is 8.11. The molecule has 1 heterocycles. The predicted octanol–water partition coefficient (Wildman–Crippen LogP) is 3.50. The van der Waals surface area contributed by atoms with Crippen molar-refractivity contribution < 1.29 is 4.79 Å². The lowest BCUT2D eigenvalue weighted by Gasteiger charge is -2.17. The summed E-state index contributed by atoms with van der Waals surface area (Å²) >= 11 is 12.0. The van der Waals surface area contributed by atoms with Crippen molar-refractivity contribution in [2.45, 2.75) is 26.2 Å². The highest BCUT2D eigenvalue weighted by Gasteiger charge is 2.17. The maximum atomic E-state index is 11.3. The number of amidine groups is 1. The van der Waals surface area contributed by atoms with E-state index in [2.05, 4.69) is 10.3 Å². The molecule has 0 aromatic heterocycles. The van der Waals surface area contributed by atoms with Gasteiger partial charge in [0.2, 0.25) is 5.91 Å². The van der Waals surface area contributed by atoms with Gasteiger partial charge < -0.3 is 5.32 Å². The van der Waals surface area contributed by atoms with Crippen molar-refractivity contribution in [1.82, 2.24) is 5.32 Å². The van der Waals surface area contributed by atoms with E-state index in [-0.39, 0.29) is 5.91 Å². The van der Waals surface area contributed by atoms with E-state index in [9.17, 15) is 4.79 Å². The maximum absolute atomic E-state index is 11.3. The van der Waals surface area contributed by atoms with Gasteiger partial charge in [-0.25, -0.2) is 4.99 Å². The molecule has 1 aromatic rings. The summed E-state index contributed by atoms with van der Waals surface area (Å²) in [5, 5.41) is 3.89. The fraction of sp³-hybridized carbons (Fsp3) is 0.333. The van der Waals surface area contributed by atoms with Crippen LogP contribution in [-0.2, 0) is 11.2 Å². The van der Waals surface area contributed by atoms with Crippen molar-refractivity contribution in [2.24, 2.45) is 4.99 Å². The van der Waals surface area contributed by atoms with Crippen LogP contribution in [0.25, 0.3) is 0 Å². The molecule has 0 spiro atoms.